The van der Waals surface area contributed by atoms with Crippen LogP contribution in [0.15, 0.2) is 23.6 Å². The first-order valence-electron chi connectivity index (χ1n) is 7.20. The molecule has 1 fully saturated rings. The number of methoxy groups -OCH3 is 1. The van der Waals surface area contributed by atoms with Gasteiger partial charge >= 0.3 is 0 Å². The number of benzene rings is 1. The lowest BCUT2D eigenvalue weighted by Crippen LogP contribution is -2.03. The second-order valence-electron chi connectivity index (χ2n) is 5.24. The Morgan fingerprint density at radius 1 is 1.48 bits per heavy atom. The number of thiazole rings is 1. The Bertz CT molecular complexity index is 606. The van der Waals surface area contributed by atoms with Crippen molar-refractivity contribution < 1.29 is 9.47 Å². The van der Waals surface area contributed by atoms with Gasteiger partial charge in [0.15, 0.2) is 0 Å². The van der Waals surface area contributed by atoms with E-state index in [4.69, 9.17) is 9.47 Å². The maximum Gasteiger partial charge on any atom is 0.141 e. The third kappa shape index (κ3) is 3.36. The largest absolute Gasteiger partial charge is 0.495 e. The van der Waals surface area contributed by atoms with Gasteiger partial charge < -0.3 is 14.8 Å². The molecule has 4 nitrogen and oxygen atoms in total. The summed E-state index contributed by atoms with van der Waals surface area (Å²) in [5.74, 6) is 0.857. The summed E-state index contributed by atoms with van der Waals surface area (Å²) in [5.41, 5.74) is 3.26. The molecule has 1 atom stereocenters. The number of aryl methyl sites for hydroxylation is 1. The van der Waals surface area contributed by atoms with Crippen molar-refractivity contribution in [1.82, 2.24) is 4.98 Å². The van der Waals surface area contributed by atoms with Crippen molar-refractivity contribution >= 4 is 17.0 Å². The van der Waals surface area contributed by atoms with Gasteiger partial charge in [-0.25, -0.2) is 4.98 Å². The molecule has 5 heteroatoms. The molecule has 3 rings (SSSR count). The van der Waals surface area contributed by atoms with E-state index in [9.17, 15) is 0 Å². The molecule has 112 valence electrons. The van der Waals surface area contributed by atoms with Gasteiger partial charge in [0.2, 0.25) is 0 Å². The standard InChI is InChI=1S/C16H20N2O2S/c1-11-5-6-14(19-2)13(8-11)17-9-12-10-21-16(18-12)15-4-3-7-20-15/h5-6,8,10,15,17H,3-4,7,9H2,1-2H3/t15-/m0/s1. The molecule has 2 heterocycles. The third-order valence-corrected chi connectivity index (χ3v) is 4.58. The molecule has 0 aliphatic carbocycles. The number of anilines is 1. The first-order chi connectivity index (χ1) is 10.3. The molecule has 0 unspecified atom stereocenters. The number of nitrogens with zero attached hydrogens (tertiary/aromatic N) is 1. The maximum absolute atomic E-state index is 5.67. The molecule has 1 N–H and O–H groups in total. The Balaban J connectivity index is 1.66. The van der Waals surface area contributed by atoms with Crippen molar-refractivity contribution in [2.45, 2.75) is 32.4 Å². The Hall–Kier alpha value is -1.59. The highest BCUT2D eigenvalue weighted by atomic mass is 32.1. The molecule has 2 aromatic rings. The van der Waals surface area contributed by atoms with Crippen molar-refractivity contribution in [3.63, 3.8) is 0 Å². The van der Waals surface area contributed by atoms with Crippen LogP contribution in [-0.2, 0) is 11.3 Å². The summed E-state index contributed by atoms with van der Waals surface area (Å²) >= 11 is 1.69. The van der Waals surface area contributed by atoms with Gasteiger partial charge in [-0.1, -0.05) is 6.07 Å². The highest BCUT2D eigenvalue weighted by molar-refractivity contribution is 7.09. The highest BCUT2D eigenvalue weighted by Gasteiger charge is 2.20. The van der Waals surface area contributed by atoms with Gasteiger partial charge in [-0.15, -0.1) is 11.3 Å². The summed E-state index contributed by atoms with van der Waals surface area (Å²) in [6.07, 6.45) is 2.43. The van der Waals surface area contributed by atoms with Crippen LogP contribution in [0, 0.1) is 6.92 Å². The molecule has 0 spiro atoms. The molecule has 0 saturated carbocycles. The molecular weight excluding hydrogens is 284 g/mol. The van der Waals surface area contributed by atoms with Crippen LogP contribution in [0.1, 0.15) is 35.2 Å². The lowest BCUT2D eigenvalue weighted by Gasteiger charge is -2.11. The smallest absolute Gasteiger partial charge is 0.141 e. The minimum atomic E-state index is 0.206. The van der Waals surface area contributed by atoms with E-state index in [1.165, 1.54) is 5.56 Å². The summed E-state index contributed by atoms with van der Waals surface area (Å²) in [7, 11) is 1.69. The van der Waals surface area contributed by atoms with Crippen LogP contribution in [0.5, 0.6) is 5.75 Å². The van der Waals surface area contributed by atoms with E-state index >= 15 is 0 Å². The number of ether oxygens (including phenoxy) is 2. The van der Waals surface area contributed by atoms with Crippen LogP contribution < -0.4 is 10.1 Å². The van der Waals surface area contributed by atoms with E-state index in [1.807, 2.05) is 12.1 Å². The van der Waals surface area contributed by atoms with Crippen molar-refractivity contribution in [3.05, 3.63) is 39.8 Å². The maximum atomic E-state index is 5.67. The van der Waals surface area contributed by atoms with E-state index in [-0.39, 0.29) is 6.10 Å². The van der Waals surface area contributed by atoms with Gasteiger partial charge in [-0.05, 0) is 37.5 Å². The van der Waals surface area contributed by atoms with Crippen LogP contribution in [0.3, 0.4) is 0 Å². The fourth-order valence-electron chi connectivity index (χ4n) is 2.47. The van der Waals surface area contributed by atoms with Gasteiger partial charge in [0.1, 0.15) is 16.9 Å². The zero-order valence-electron chi connectivity index (χ0n) is 12.4. The Labute approximate surface area is 129 Å². The topological polar surface area (TPSA) is 43.4 Å². The summed E-state index contributed by atoms with van der Waals surface area (Å²) in [5, 5.41) is 6.60. The quantitative estimate of drug-likeness (QED) is 0.909. The number of aromatic nitrogens is 1. The van der Waals surface area contributed by atoms with Crippen LogP contribution in [0.4, 0.5) is 5.69 Å². The first-order valence-corrected chi connectivity index (χ1v) is 8.08. The summed E-state index contributed by atoms with van der Waals surface area (Å²) in [4.78, 5) is 4.68. The molecule has 1 aromatic carbocycles. The number of hydrogen-bond acceptors (Lipinski definition) is 5. The predicted molar refractivity (Wildman–Crippen MR) is 85.1 cm³/mol. The monoisotopic (exact) mass is 304 g/mol. The predicted octanol–water partition coefficient (Wildman–Crippen LogP) is 3.92. The molecular formula is C16H20N2O2S. The van der Waals surface area contributed by atoms with E-state index < -0.39 is 0 Å². The van der Waals surface area contributed by atoms with Gasteiger partial charge in [-0.2, -0.15) is 0 Å². The molecule has 0 bridgehead atoms. The number of rotatable bonds is 5. The molecule has 1 saturated heterocycles. The lowest BCUT2D eigenvalue weighted by atomic mass is 10.2. The Morgan fingerprint density at radius 2 is 2.38 bits per heavy atom. The fraction of sp³-hybridized carbons (Fsp3) is 0.438. The normalized spacial score (nSPS) is 17.9. The lowest BCUT2D eigenvalue weighted by molar-refractivity contribution is 0.111. The first kappa shape index (κ1) is 14.4. The fourth-order valence-corrected chi connectivity index (χ4v) is 3.37. The summed E-state index contributed by atoms with van der Waals surface area (Å²) in [6.45, 7) is 3.63. The minimum Gasteiger partial charge on any atom is -0.495 e. The molecule has 1 aliphatic rings. The third-order valence-electron chi connectivity index (χ3n) is 3.59. The summed E-state index contributed by atoms with van der Waals surface area (Å²) in [6, 6.07) is 6.12. The van der Waals surface area contributed by atoms with Crippen LogP contribution in [0.2, 0.25) is 0 Å². The zero-order valence-corrected chi connectivity index (χ0v) is 13.2. The molecule has 1 aliphatic heterocycles. The molecule has 21 heavy (non-hydrogen) atoms. The van der Waals surface area contributed by atoms with Crippen molar-refractivity contribution in [2.75, 3.05) is 19.0 Å². The average Bonchev–Trinajstić information content (AvgIpc) is 3.16. The van der Waals surface area contributed by atoms with E-state index in [1.54, 1.807) is 18.4 Å². The zero-order chi connectivity index (χ0) is 14.7. The van der Waals surface area contributed by atoms with Crippen molar-refractivity contribution in [3.8, 4) is 5.75 Å². The average molecular weight is 304 g/mol. The second-order valence-corrected chi connectivity index (χ2v) is 6.13. The van der Waals surface area contributed by atoms with E-state index in [2.05, 4.69) is 28.7 Å². The van der Waals surface area contributed by atoms with Gasteiger partial charge in [-0.3, -0.25) is 0 Å². The van der Waals surface area contributed by atoms with E-state index in [0.29, 0.717) is 6.54 Å². The molecule has 0 amide bonds. The Morgan fingerprint density at radius 3 is 3.14 bits per heavy atom. The number of hydrogen-bond donors (Lipinski definition) is 1. The number of nitrogens with one attached hydrogen (secondary N) is 1. The van der Waals surface area contributed by atoms with Crippen LogP contribution in [-0.4, -0.2) is 18.7 Å². The highest BCUT2D eigenvalue weighted by Crippen LogP contribution is 2.31. The van der Waals surface area contributed by atoms with Gasteiger partial charge in [0.25, 0.3) is 0 Å². The molecule has 0 radical (unpaired) electrons. The van der Waals surface area contributed by atoms with Gasteiger partial charge in [0.05, 0.1) is 25.0 Å². The van der Waals surface area contributed by atoms with Crippen molar-refractivity contribution in [1.29, 1.82) is 0 Å². The van der Waals surface area contributed by atoms with Gasteiger partial charge in [0, 0.05) is 12.0 Å². The van der Waals surface area contributed by atoms with Crippen LogP contribution >= 0.6 is 11.3 Å². The van der Waals surface area contributed by atoms with Crippen molar-refractivity contribution in [2.24, 2.45) is 0 Å². The minimum absolute atomic E-state index is 0.206. The van der Waals surface area contributed by atoms with E-state index in [0.717, 1.165) is 41.6 Å². The van der Waals surface area contributed by atoms with Crippen LogP contribution in [0.25, 0.3) is 0 Å². The SMILES string of the molecule is COc1ccc(C)cc1NCc1csc([C@@H]2CCCO2)n1. The Kier molecular flexibility index (Phi) is 4.41. The molecule has 1 aromatic heterocycles. The second kappa shape index (κ2) is 6.45. The summed E-state index contributed by atoms with van der Waals surface area (Å²) < 4.78 is 11.0.